The quantitative estimate of drug-likeness (QED) is 0.494. The summed E-state index contributed by atoms with van der Waals surface area (Å²) in [5, 5.41) is -1.15. The van der Waals surface area contributed by atoms with Crippen LogP contribution < -0.4 is 0 Å². The van der Waals surface area contributed by atoms with Crippen LogP contribution in [0.25, 0.3) is 0 Å². The fourth-order valence-corrected chi connectivity index (χ4v) is 0.189. The summed E-state index contributed by atoms with van der Waals surface area (Å²) < 4.78 is 33.3. The molecule has 0 rings (SSSR count). The van der Waals surface area contributed by atoms with Gasteiger partial charge in [-0.3, -0.25) is 0 Å². The van der Waals surface area contributed by atoms with Crippen molar-refractivity contribution >= 4 is 11.6 Å². The Morgan fingerprint density at radius 1 is 1.12 bits per heavy atom. The second-order valence-electron chi connectivity index (χ2n) is 0.913. The van der Waals surface area contributed by atoms with Gasteiger partial charge in [-0.15, -0.1) is 0 Å². The maximum absolute atomic E-state index is 11.3. The Labute approximate surface area is 49.3 Å². The maximum atomic E-state index is 11.3. The molecule has 4 heteroatoms. The molecule has 0 saturated carbocycles. The first kappa shape index (κ1) is 7.56. The first-order valence-electron chi connectivity index (χ1n) is 1.67. The van der Waals surface area contributed by atoms with Gasteiger partial charge in [0.2, 0.25) is 0 Å². The molecule has 0 aromatic rings. The number of rotatable bonds is 1. The topological polar surface area (TPSA) is 0 Å². The SMILES string of the molecule is FC(F)=CC=C(F)Cl. The van der Waals surface area contributed by atoms with E-state index in [0.717, 1.165) is 0 Å². The zero-order chi connectivity index (χ0) is 6.57. The van der Waals surface area contributed by atoms with Crippen molar-refractivity contribution in [3.8, 4) is 0 Å². The van der Waals surface area contributed by atoms with Crippen LogP contribution in [-0.4, -0.2) is 0 Å². The third-order valence-electron chi connectivity index (χ3n) is 0.335. The van der Waals surface area contributed by atoms with Gasteiger partial charge in [0.15, 0.2) is 5.29 Å². The van der Waals surface area contributed by atoms with E-state index >= 15 is 0 Å². The average molecular weight is 143 g/mol. The lowest BCUT2D eigenvalue weighted by Gasteiger charge is -1.73. The van der Waals surface area contributed by atoms with Crippen molar-refractivity contribution in [2.24, 2.45) is 0 Å². The van der Waals surface area contributed by atoms with Crippen LogP contribution in [0.4, 0.5) is 13.2 Å². The lowest BCUT2D eigenvalue weighted by Crippen LogP contribution is -1.55. The smallest absolute Gasteiger partial charge is 0.194 e. The van der Waals surface area contributed by atoms with Crippen LogP contribution in [0.1, 0.15) is 0 Å². The molecule has 0 atom stereocenters. The molecular formula is C4H2ClF3. The minimum atomic E-state index is -1.97. The fraction of sp³-hybridized carbons (Fsp3) is 0. The third-order valence-corrected chi connectivity index (χ3v) is 0.461. The molecule has 0 aliphatic heterocycles. The van der Waals surface area contributed by atoms with Crippen LogP contribution >= 0.6 is 11.6 Å². The van der Waals surface area contributed by atoms with Gasteiger partial charge in [-0.1, -0.05) is 11.6 Å². The predicted octanol–water partition coefficient (Wildman–Crippen LogP) is 2.82. The zero-order valence-corrected chi connectivity index (χ0v) is 4.42. The molecule has 46 valence electrons. The molecule has 0 unspecified atom stereocenters. The van der Waals surface area contributed by atoms with Gasteiger partial charge in [-0.25, -0.2) is 0 Å². The molecule has 0 radical (unpaired) electrons. The van der Waals surface area contributed by atoms with Crippen LogP contribution in [0.5, 0.6) is 0 Å². The van der Waals surface area contributed by atoms with E-state index in [1.165, 1.54) is 0 Å². The number of hydrogen-bond acceptors (Lipinski definition) is 0. The maximum Gasteiger partial charge on any atom is 0.270 e. The highest BCUT2D eigenvalue weighted by molar-refractivity contribution is 6.28. The van der Waals surface area contributed by atoms with E-state index in [9.17, 15) is 13.2 Å². The molecule has 0 nitrogen and oxygen atoms in total. The van der Waals surface area contributed by atoms with Gasteiger partial charge in [-0.2, -0.15) is 13.2 Å². The lowest BCUT2D eigenvalue weighted by molar-refractivity contribution is 0.422. The summed E-state index contributed by atoms with van der Waals surface area (Å²) in [6.07, 6.45) is -1.22. The molecule has 0 saturated heterocycles. The molecule has 0 aromatic heterocycles. The molecule has 0 amide bonds. The van der Waals surface area contributed by atoms with E-state index in [-0.39, 0.29) is 6.08 Å². The normalized spacial score (nSPS) is 11.2. The highest BCUT2D eigenvalue weighted by atomic mass is 35.5. The summed E-state index contributed by atoms with van der Waals surface area (Å²) >= 11 is 4.54. The minimum Gasteiger partial charge on any atom is -0.194 e. The van der Waals surface area contributed by atoms with Crippen molar-refractivity contribution in [2.75, 3.05) is 0 Å². The molecule has 0 aliphatic carbocycles. The Morgan fingerprint density at radius 2 is 1.62 bits per heavy atom. The van der Waals surface area contributed by atoms with Crippen molar-refractivity contribution in [1.29, 1.82) is 0 Å². The standard InChI is InChI=1S/C4H2ClF3/c5-3(6)1-2-4(7)8/h1-2H. The Morgan fingerprint density at radius 3 is 1.75 bits per heavy atom. The van der Waals surface area contributed by atoms with E-state index in [1.54, 1.807) is 0 Å². The van der Waals surface area contributed by atoms with E-state index < -0.39 is 11.4 Å². The van der Waals surface area contributed by atoms with Crippen LogP contribution in [0.15, 0.2) is 23.5 Å². The van der Waals surface area contributed by atoms with Crippen molar-refractivity contribution < 1.29 is 13.2 Å². The molecule has 0 fully saturated rings. The molecule has 8 heavy (non-hydrogen) atoms. The largest absolute Gasteiger partial charge is 0.270 e. The molecule has 0 bridgehead atoms. The van der Waals surface area contributed by atoms with E-state index in [4.69, 9.17) is 0 Å². The van der Waals surface area contributed by atoms with E-state index in [1.807, 2.05) is 0 Å². The Balaban J connectivity index is 3.76. The summed E-state index contributed by atoms with van der Waals surface area (Å²) in [5.41, 5.74) is 0. The Bertz CT molecular complexity index is 103. The molecule has 0 heterocycles. The molecule has 0 N–H and O–H groups in total. The van der Waals surface area contributed by atoms with Crippen molar-refractivity contribution in [1.82, 2.24) is 0 Å². The second kappa shape index (κ2) is 3.55. The molecular weight excluding hydrogens is 140 g/mol. The fourth-order valence-electron chi connectivity index (χ4n) is 0.126. The summed E-state index contributed by atoms with van der Waals surface area (Å²) in [6, 6.07) is 0. The van der Waals surface area contributed by atoms with Crippen LogP contribution in [0.2, 0.25) is 0 Å². The van der Waals surface area contributed by atoms with E-state index in [2.05, 4.69) is 11.6 Å². The highest BCUT2D eigenvalue weighted by Gasteiger charge is 1.84. The van der Waals surface area contributed by atoms with Gasteiger partial charge in [0.05, 0.1) is 0 Å². The molecule has 0 aromatic carbocycles. The van der Waals surface area contributed by atoms with Gasteiger partial charge in [0.25, 0.3) is 6.08 Å². The summed E-state index contributed by atoms with van der Waals surface area (Å²) in [7, 11) is 0. The van der Waals surface area contributed by atoms with Crippen molar-refractivity contribution in [2.45, 2.75) is 0 Å². The van der Waals surface area contributed by atoms with Crippen LogP contribution in [-0.2, 0) is 0 Å². The molecule has 0 aliphatic rings. The number of allylic oxidation sites excluding steroid dienone is 2. The van der Waals surface area contributed by atoms with Gasteiger partial charge >= 0.3 is 0 Å². The lowest BCUT2D eigenvalue weighted by atomic mass is 10.6. The number of halogens is 4. The van der Waals surface area contributed by atoms with Crippen molar-refractivity contribution in [3.63, 3.8) is 0 Å². The minimum absolute atomic E-state index is 0.280. The van der Waals surface area contributed by atoms with Crippen LogP contribution in [0, 0.1) is 0 Å². The highest BCUT2D eigenvalue weighted by Crippen LogP contribution is 2.04. The van der Waals surface area contributed by atoms with Crippen LogP contribution in [0.3, 0.4) is 0 Å². The first-order valence-corrected chi connectivity index (χ1v) is 2.04. The van der Waals surface area contributed by atoms with Gasteiger partial charge in [0, 0.05) is 6.08 Å². The Kier molecular flexibility index (Phi) is 3.35. The summed E-state index contributed by atoms with van der Waals surface area (Å²) in [5.74, 6) is 0. The van der Waals surface area contributed by atoms with Gasteiger partial charge < -0.3 is 0 Å². The zero-order valence-electron chi connectivity index (χ0n) is 3.67. The summed E-state index contributed by atoms with van der Waals surface area (Å²) in [4.78, 5) is 0. The average Bonchev–Trinajstić information content (AvgIpc) is 1.61. The Hall–Kier alpha value is -0.440. The molecule has 0 spiro atoms. The predicted molar refractivity (Wildman–Crippen MR) is 25.3 cm³/mol. The second-order valence-corrected chi connectivity index (χ2v) is 1.27. The van der Waals surface area contributed by atoms with Crippen molar-refractivity contribution in [3.05, 3.63) is 23.5 Å². The third kappa shape index (κ3) is 5.56. The first-order chi connectivity index (χ1) is 3.63. The summed E-state index contributed by atoms with van der Waals surface area (Å²) in [6.45, 7) is 0. The monoisotopic (exact) mass is 142 g/mol. The van der Waals surface area contributed by atoms with Gasteiger partial charge in [-0.05, 0) is 6.08 Å². The van der Waals surface area contributed by atoms with E-state index in [0.29, 0.717) is 6.08 Å². The number of hydrogen-bond donors (Lipinski definition) is 0. The van der Waals surface area contributed by atoms with Gasteiger partial charge in [0.1, 0.15) is 0 Å².